The minimum atomic E-state index is -4.60. The fraction of sp³-hybridized carbons (Fsp3) is 0.585. The van der Waals surface area contributed by atoms with Crippen LogP contribution >= 0.6 is 0 Å². The van der Waals surface area contributed by atoms with Gasteiger partial charge in [0.2, 0.25) is 5.69 Å². The normalized spacial score (nSPS) is 15.8. The average Bonchev–Trinajstić information content (AvgIpc) is 3.51. The van der Waals surface area contributed by atoms with Crippen LogP contribution in [0.4, 0.5) is 22.7 Å². The van der Waals surface area contributed by atoms with Gasteiger partial charge in [0.25, 0.3) is 10.1 Å². The third-order valence-corrected chi connectivity index (χ3v) is 16.6. The van der Waals surface area contributed by atoms with E-state index >= 15 is 0 Å². The van der Waals surface area contributed by atoms with E-state index in [1.54, 1.807) is 64.4 Å². The Bertz CT molecular complexity index is 2940. The maximum atomic E-state index is 11.8. The van der Waals surface area contributed by atoms with Crippen molar-refractivity contribution in [2.75, 3.05) is 88.5 Å². The molecule has 0 saturated heterocycles. The SMILES string of the molecule is CC1(C)C(C=C/C=C2/N(CCCS(=O)(=O)O)c3ccc(N(CCCS(=O)(=O)[O-])CCCS(=O)(=O)[O-])cc3C2(C)C)=[N+](CCCS(=O)(=O)[O-])c2ccc(N(CCCS(=O)(=O)[O-])CCCS(=O)(=O)[O-])cc21.[Na+].[Na+].[Na+].[Na+].[Na+]. The fourth-order valence-electron chi connectivity index (χ4n) is 8.71. The van der Waals surface area contributed by atoms with Crippen molar-refractivity contribution < 1.29 is 230 Å². The zero-order chi connectivity index (χ0) is 52.0. The molecule has 4 rings (SSSR count). The first-order valence-electron chi connectivity index (χ1n) is 21.7. The summed E-state index contributed by atoms with van der Waals surface area (Å²) in [4.78, 5) is 5.19. The number of fused-ring (bicyclic) bond motifs is 2. The van der Waals surface area contributed by atoms with Gasteiger partial charge in [-0.15, -0.1) is 0 Å². The molecule has 0 unspecified atom stereocenters. The van der Waals surface area contributed by atoms with Gasteiger partial charge in [-0.05, 0) is 87.9 Å². The van der Waals surface area contributed by atoms with Crippen LogP contribution in [0.1, 0.15) is 77.3 Å². The summed E-state index contributed by atoms with van der Waals surface area (Å²) in [5.74, 6) is -3.99. The molecule has 2 aromatic carbocycles. The molecule has 0 saturated carbocycles. The number of benzene rings is 2. The van der Waals surface area contributed by atoms with Crippen molar-refractivity contribution in [2.24, 2.45) is 0 Å². The Labute approximate surface area is 548 Å². The second-order valence-electron chi connectivity index (χ2n) is 17.9. The smallest absolute Gasteiger partial charge is 0.748 e. The van der Waals surface area contributed by atoms with Crippen LogP contribution in [0, 0.1) is 0 Å². The summed E-state index contributed by atoms with van der Waals surface area (Å²) < 4.78 is 207. The van der Waals surface area contributed by atoms with Crippen molar-refractivity contribution in [2.45, 2.75) is 77.0 Å². The van der Waals surface area contributed by atoms with Crippen molar-refractivity contribution in [1.82, 2.24) is 0 Å². The molecule has 0 aliphatic carbocycles. The molecule has 74 heavy (non-hydrogen) atoms. The number of allylic oxidation sites excluding steroid dienone is 4. The first-order chi connectivity index (χ1) is 31.5. The first kappa shape index (κ1) is 77.5. The molecule has 0 spiro atoms. The van der Waals surface area contributed by atoms with Crippen LogP contribution < -0.4 is 162 Å². The Balaban J connectivity index is 0. The Morgan fingerprint density at radius 1 is 0.541 bits per heavy atom. The number of hydrogen-bond donors (Lipinski definition) is 1. The zero-order valence-corrected chi connectivity index (χ0v) is 58.4. The number of rotatable bonds is 28. The van der Waals surface area contributed by atoms with Gasteiger partial charge in [-0.25, -0.2) is 42.1 Å². The number of nitrogens with zero attached hydrogens (tertiary/aromatic N) is 4. The van der Waals surface area contributed by atoms with E-state index in [1.165, 1.54) is 0 Å². The van der Waals surface area contributed by atoms with E-state index in [-0.39, 0.29) is 226 Å². The summed E-state index contributed by atoms with van der Waals surface area (Å²) in [6, 6.07) is 10.4. The first-order valence-corrected chi connectivity index (χ1v) is 31.2. The van der Waals surface area contributed by atoms with E-state index < -0.39 is 106 Å². The van der Waals surface area contributed by atoms with Gasteiger partial charge in [-0.3, -0.25) is 4.55 Å². The Kier molecular flexibility index (Phi) is 33.3. The van der Waals surface area contributed by atoms with E-state index in [1.807, 2.05) is 37.2 Å². The van der Waals surface area contributed by atoms with Crippen LogP contribution in [0.5, 0.6) is 0 Å². The Hall–Kier alpha value is 1.45. The molecular formula is C41H58N4Na5O18S6+. The molecule has 2 heterocycles. The van der Waals surface area contributed by atoms with Gasteiger partial charge < -0.3 is 37.5 Å². The second kappa shape index (κ2) is 31.8. The molecule has 2 aliphatic rings. The summed E-state index contributed by atoms with van der Waals surface area (Å²) >= 11 is 0. The summed E-state index contributed by atoms with van der Waals surface area (Å²) in [6.07, 6.45) is 4.84. The van der Waals surface area contributed by atoms with Crippen LogP contribution in [0.25, 0.3) is 0 Å². The maximum Gasteiger partial charge on any atom is 1.00 e. The molecule has 390 valence electrons. The molecule has 0 bridgehead atoms. The average molecular weight is 1200 g/mol. The van der Waals surface area contributed by atoms with Gasteiger partial charge in [0.05, 0.1) is 61.8 Å². The van der Waals surface area contributed by atoms with E-state index in [0.717, 1.165) is 0 Å². The predicted octanol–water partition coefficient (Wildman–Crippen LogP) is -13.1. The van der Waals surface area contributed by atoms with E-state index in [4.69, 9.17) is 0 Å². The predicted molar refractivity (Wildman–Crippen MR) is 255 cm³/mol. The molecule has 0 amide bonds. The monoisotopic (exact) mass is 1200 g/mol. The van der Waals surface area contributed by atoms with Gasteiger partial charge in [0.15, 0.2) is 5.71 Å². The minimum absolute atomic E-state index is 0. The summed E-state index contributed by atoms with van der Waals surface area (Å²) in [7, 11) is -27.3. The standard InChI is InChI=1S/C41H62N4O18S6.5Na/c1-40(2)34-30-32(42(18-6-24-64(46,47)48)19-7-25-65(49,50)51)14-16-36(34)44(22-10-28-68(58,59)60)38(40)12-5-13-39-41(3,4)35-31-33(15-17-37(35)45(39)23-11-29-69(61,62)63)43(20-8-26-66(52,53)54)21-9-27-67(55,56)57;;;;;/h5,12-17,30-31H,6-11,18-29H2,1-4H3,(H5-,46,47,48,49,50,51,52,53,54,55,56,57,58,59,60,61,62,63);;;;;/q;5*+1/p-4. The molecule has 1 N–H and O–H groups in total. The summed E-state index contributed by atoms with van der Waals surface area (Å²) in [5, 5.41) is 0. The molecule has 2 aliphatic heterocycles. The van der Waals surface area contributed by atoms with E-state index in [2.05, 4.69) is 0 Å². The van der Waals surface area contributed by atoms with Gasteiger partial charge in [-0.2, -0.15) is 13.0 Å². The molecule has 22 nitrogen and oxygen atoms in total. The molecule has 0 atom stereocenters. The van der Waals surface area contributed by atoms with Crippen molar-refractivity contribution in [3.8, 4) is 0 Å². The molecule has 33 heteroatoms. The van der Waals surface area contributed by atoms with Gasteiger partial charge in [0, 0.05) is 114 Å². The van der Waals surface area contributed by atoms with Crippen molar-refractivity contribution in [1.29, 1.82) is 0 Å². The molecule has 2 aromatic rings. The third-order valence-electron chi connectivity index (χ3n) is 11.8. The number of anilines is 3. The van der Waals surface area contributed by atoms with Crippen molar-refractivity contribution in [3.05, 3.63) is 71.5 Å². The third kappa shape index (κ3) is 25.3. The number of hydrogen-bond acceptors (Lipinski definition) is 20. The van der Waals surface area contributed by atoms with E-state index in [0.29, 0.717) is 45.3 Å². The molecule has 0 radical (unpaired) electrons. The second-order valence-corrected chi connectivity index (χ2v) is 27.1. The molecular weight excluding hydrogens is 1140 g/mol. The summed E-state index contributed by atoms with van der Waals surface area (Å²) in [6.45, 7) is 7.80. The quantitative estimate of drug-likeness (QED) is 0.0470. The van der Waals surface area contributed by atoms with Crippen LogP contribution in [-0.4, -0.2) is 162 Å². The Morgan fingerprint density at radius 2 is 0.932 bits per heavy atom. The van der Waals surface area contributed by atoms with Crippen LogP contribution in [-0.2, 0) is 71.5 Å². The maximum absolute atomic E-state index is 11.8. The molecule has 0 aromatic heterocycles. The van der Waals surface area contributed by atoms with Crippen LogP contribution in [0.2, 0.25) is 0 Å². The molecule has 0 fully saturated rings. The van der Waals surface area contributed by atoms with Crippen LogP contribution in [0.15, 0.2) is 60.3 Å². The minimum Gasteiger partial charge on any atom is -0.748 e. The van der Waals surface area contributed by atoms with E-state index in [9.17, 15) is 77.8 Å². The topological polar surface area (TPSA) is 353 Å². The van der Waals surface area contributed by atoms with Crippen molar-refractivity contribution >= 4 is 89.2 Å². The van der Waals surface area contributed by atoms with Crippen LogP contribution in [0.3, 0.4) is 0 Å². The van der Waals surface area contributed by atoms with Gasteiger partial charge in [-0.1, -0.05) is 19.9 Å². The van der Waals surface area contributed by atoms with Gasteiger partial charge in [0.1, 0.15) is 6.54 Å². The summed E-state index contributed by atoms with van der Waals surface area (Å²) in [5.41, 5.74) is 3.28. The largest absolute Gasteiger partial charge is 1.00 e. The van der Waals surface area contributed by atoms with Gasteiger partial charge >= 0.3 is 148 Å². The fourth-order valence-corrected chi connectivity index (χ4v) is 11.6. The van der Waals surface area contributed by atoms with Crippen molar-refractivity contribution in [3.63, 3.8) is 0 Å². The zero-order valence-electron chi connectivity index (χ0n) is 43.5. The Morgan fingerprint density at radius 3 is 1.34 bits per heavy atom.